The normalized spacial score (nSPS) is 10.6. The predicted octanol–water partition coefficient (Wildman–Crippen LogP) is 3.42. The lowest BCUT2D eigenvalue weighted by Crippen LogP contribution is -2.37. The summed E-state index contributed by atoms with van der Waals surface area (Å²) in [7, 11) is 2.91. The molecule has 0 fully saturated rings. The number of amides is 3. The van der Waals surface area contributed by atoms with E-state index in [0.717, 1.165) is 0 Å². The number of benzene rings is 2. The number of rotatable bonds is 7. The number of para-hydroxylation sites is 2. The van der Waals surface area contributed by atoms with Crippen molar-refractivity contribution in [2.45, 2.75) is 26.4 Å². The molecule has 31 heavy (non-hydrogen) atoms. The number of alkyl carbamates (subject to hydrolysis) is 1. The van der Waals surface area contributed by atoms with Crippen molar-refractivity contribution in [1.29, 1.82) is 0 Å². The third-order valence-corrected chi connectivity index (χ3v) is 3.90. The molecule has 0 unspecified atom stereocenters. The Morgan fingerprint density at radius 1 is 0.839 bits per heavy atom. The Hall–Kier alpha value is -3.75. The van der Waals surface area contributed by atoms with E-state index in [1.165, 1.54) is 14.2 Å². The molecule has 0 aliphatic heterocycles. The molecule has 166 valence electrons. The Morgan fingerprint density at radius 3 is 1.90 bits per heavy atom. The maximum atomic E-state index is 12.9. The molecule has 0 radical (unpaired) electrons. The lowest BCUT2D eigenvalue weighted by molar-refractivity contribution is -0.115. The molecule has 0 saturated heterocycles. The highest BCUT2D eigenvalue weighted by Crippen LogP contribution is 2.30. The second-order valence-electron chi connectivity index (χ2n) is 7.44. The van der Waals surface area contributed by atoms with Crippen LogP contribution in [0.25, 0.3) is 0 Å². The van der Waals surface area contributed by atoms with E-state index in [2.05, 4.69) is 16.0 Å². The van der Waals surface area contributed by atoms with E-state index in [4.69, 9.17) is 14.2 Å². The van der Waals surface area contributed by atoms with Crippen LogP contribution in [0, 0.1) is 0 Å². The topological polar surface area (TPSA) is 115 Å². The second-order valence-corrected chi connectivity index (χ2v) is 7.44. The molecule has 0 aliphatic rings. The highest BCUT2D eigenvalue weighted by molar-refractivity contribution is 6.10. The minimum absolute atomic E-state index is 0.222. The minimum atomic E-state index is -0.701. The molecule has 0 bridgehead atoms. The van der Waals surface area contributed by atoms with E-state index in [1.54, 1.807) is 63.2 Å². The maximum Gasteiger partial charge on any atom is 0.408 e. The van der Waals surface area contributed by atoms with Crippen LogP contribution in [0.3, 0.4) is 0 Å². The van der Waals surface area contributed by atoms with Crippen LogP contribution in [0.1, 0.15) is 31.1 Å². The van der Waals surface area contributed by atoms with E-state index in [-0.39, 0.29) is 12.1 Å². The zero-order valence-corrected chi connectivity index (χ0v) is 18.2. The fraction of sp³-hybridized carbons (Fsp3) is 0.318. The molecule has 9 heteroatoms. The predicted molar refractivity (Wildman–Crippen MR) is 117 cm³/mol. The van der Waals surface area contributed by atoms with Crippen LogP contribution < -0.4 is 25.4 Å². The van der Waals surface area contributed by atoms with Gasteiger partial charge >= 0.3 is 6.09 Å². The van der Waals surface area contributed by atoms with Crippen LogP contribution >= 0.6 is 0 Å². The number of hydrogen-bond acceptors (Lipinski definition) is 6. The summed E-state index contributed by atoms with van der Waals surface area (Å²) in [5.41, 5.74) is 0.281. The van der Waals surface area contributed by atoms with E-state index >= 15 is 0 Å². The summed E-state index contributed by atoms with van der Waals surface area (Å²) < 4.78 is 15.6. The summed E-state index contributed by atoms with van der Waals surface area (Å²) in [6.45, 7) is 4.88. The fourth-order valence-electron chi connectivity index (χ4n) is 2.62. The van der Waals surface area contributed by atoms with Gasteiger partial charge in [0.1, 0.15) is 29.2 Å². The summed E-state index contributed by atoms with van der Waals surface area (Å²) >= 11 is 0. The third kappa shape index (κ3) is 6.91. The number of hydrogen-bond donors (Lipinski definition) is 3. The van der Waals surface area contributed by atoms with Gasteiger partial charge in [0.2, 0.25) is 5.91 Å². The Bertz CT molecular complexity index is 930. The first-order valence-electron chi connectivity index (χ1n) is 9.52. The van der Waals surface area contributed by atoms with Crippen molar-refractivity contribution in [3.8, 4) is 11.5 Å². The van der Waals surface area contributed by atoms with Gasteiger partial charge in [-0.2, -0.15) is 0 Å². The summed E-state index contributed by atoms with van der Waals surface area (Å²) in [5, 5.41) is 7.79. The van der Waals surface area contributed by atoms with Crippen molar-refractivity contribution in [3.05, 3.63) is 48.0 Å². The van der Waals surface area contributed by atoms with E-state index in [1.807, 2.05) is 0 Å². The Balaban J connectivity index is 2.10. The van der Waals surface area contributed by atoms with Crippen molar-refractivity contribution in [2.75, 3.05) is 31.4 Å². The zero-order chi connectivity index (χ0) is 23.0. The molecule has 3 N–H and O–H groups in total. The number of methoxy groups -OCH3 is 2. The average Bonchev–Trinajstić information content (AvgIpc) is 2.71. The monoisotopic (exact) mass is 429 g/mol. The van der Waals surface area contributed by atoms with Crippen molar-refractivity contribution >= 4 is 29.3 Å². The van der Waals surface area contributed by atoms with Gasteiger partial charge in [0.05, 0.1) is 25.6 Å². The number of carbonyl (C=O) groups is 3. The highest BCUT2D eigenvalue weighted by atomic mass is 16.6. The van der Waals surface area contributed by atoms with Crippen molar-refractivity contribution in [3.63, 3.8) is 0 Å². The first-order valence-corrected chi connectivity index (χ1v) is 9.52. The van der Waals surface area contributed by atoms with Crippen LogP contribution in [-0.2, 0) is 9.53 Å². The summed E-state index contributed by atoms with van der Waals surface area (Å²) in [6, 6.07) is 11.7. The third-order valence-electron chi connectivity index (χ3n) is 3.90. The van der Waals surface area contributed by atoms with Crippen LogP contribution in [0.4, 0.5) is 16.2 Å². The molecular formula is C22H27N3O6. The van der Waals surface area contributed by atoms with Crippen molar-refractivity contribution in [1.82, 2.24) is 5.32 Å². The second kappa shape index (κ2) is 10.3. The lowest BCUT2D eigenvalue weighted by atomic mass is 10.1. The minimum Gasteiger partial charge on any atom is -0.496 e. The molecule has 0 saturated carbocycles. The van der Waals surface area contributed by atoms with Gasteiger partial charge in [-0.3, -0.25) is 9.59 Å². The smallest absolute Gasteiger partial charge is 0.408 e. The fourth-order valence-corrected chi connectivity index (χ4v) is 2.62. The number of anilines is 2. The lowest BCUT2D eigenvalue weighted by Gasteiger charge is -2.19. The Morgan fingerprint density at radius 2 is 1.39 bits per heavy atom. The van der Waals surface area contributed by atoms with E-state index < -0.39 is 23.5 Å². The van der Waals surface area contributed by atoms with Gasteiger partial charge in [0.15, 0.2) is 0 Å². The number of ether oxygens (including phenoxy) is 3. The van der Waals surface area contributed by atoms with E-state index in [0.29, 0.717) is 22.9 Å². The van der Waals surface area contributed by atoms with Gasteiger partial charge in [0, 0.05) is 0 Å². The molecule has 0 atom stereocenters. The molecule has 0 heterocycles. The average molecular weight is 429 g/mol. The van der Waals surface area contributed by atoms with Gasteiger partial charge in [-0.1, -0.05) is 18.2 Å². The largest absolute Gasteiger partial charge is 0.496 e. The molecule has 3 amide bonds. The summed E-state index contributed by atoms with van der Waals surface area (Å²) in [6.07, 6.45) is -0.701. The first kappa shape index (κ1) is 23.5. The van der Waals surface area contributed by atoms with Gasteiger partial charge in [-0.15, -0.1) is 0 Å². The van der Waals surface area contributed by atoms with Crippen LogP contribution in [0.15, 0.2) is 42.5 Å². The number of nitrogens with one attached hydrogen (secondary N) is 3. The van der Waals surface area contributed by atoms with Gasteiger partial charge in [-0.25, -0.2) is 4.79 Å². The van der Waals surface area contributed by atoms with Gasteiger partial charge in [0.25, 0.3) is 5.91 Å². The van der Waals surface area contributed by atoms with Crippen LogP contribution in [0.2, 0.25) is 0 Å². The quantitative estimate of drug-likeness (QED) is 0.621. The van der Waals surface area contributed by atoms with Crippen molar-refractivity contribution < 1.29 is 28.6 Å². The molecule has 2 aromatic rings. The molecule has 0 aliphatic carbocycles. The Kier molecular flexibility index (Phi) is 7.84. The van der Waals surface area contributed by atoms with Crippen molar-refractivity contribution in [2.24, 2.45) is 0 Å². The zero-order valence-electron chi connectivity index (χ0n) is 18.2. The van der Waals surface area contributed by atoms with E-state index in [9.17, 15) is 14.4 Å². The molecule has 0 spiro atoms. The summed E-state index contributed by atoms with van der Waals surface area (Å²) in [5.74, 6) is -0.259. The highest BCUT2D eigenvalue weighted by Gasteiger charge is 2.20. The molecule has 9 nitrogen and oxygen atoms in total. The molecule has 2 rings (SSSR count). The maximum absolute atomic E-state index is 12.9. The Labute approximate surface area is 181 Å². The standard InChI is InChI=1S/C22H27N3O6/c1-22(2,3)31-21(28)23-13-18(26)24-14-9-6-7-10-15(14)25-20(27)19-16(29-4)11-8-12-17(19)30-5/h6-12H,13H2,1-5H3,(H,23,28)(H,24,26)(H,25,27). The molecule has 2 aromatic carbocycles. The number of carbonyl (C=O) groups excluding carboxylic acids is 3. The molecule has 0 aromatic heterocycles. The van der Waals surface area contributed by atoms with Gasteiger partial charge < -0.3 is 30.2 Å². The molecular weight excluding hydrogens is 402 g/mol. The van der Waals surface area contributed by atoms with Crippen LogP contribution in [0.5, 0.6) is 11.5 Å². The summed E-state index contributed by atoms with van der Waals surface area (Å²) in [4.78, 5) is 36.9. The first-order chi connectivity index (χ1) is 14.6. The SMILES string of the molecule is COc1cccc(OC)c1C(=O)Nc1ccccc1NC(=O)CNC(=O)OC(C)(C)C. The van der Waals surface area contributed by atoms with Gasteiger partial charge in [-0.05, 0) is 45.0 Å². The van der Waals surface area contributed by atoms with Crippen LogP contribution in [-0.4, -0.2) is 44.3 Å².